The van der Waals surface area contributed by atoms with E-state index in [0.29, 0.717) is 17.2 Å². The maximum atomic E-state index is 14.5. The standard InChI is InChI=1S/C22H28FNO2/c1-15(2)24-12-6-7-19-14-18(9-11-21(19)24)17(4)20(23)10-8-16(3)13-22(25)26-5/h8-11,13-15H,6-7,12H2,1-5H3/b10-8+,16-13+,20-17+. The largest absolute Gasteiger partial charge is 0.466 e. The van der Waals surface area contributed by atoms with Gasteiger partial charge in [-0.2, -0.15) is 0 Å². The Kier molecular flexibility index (Phi) is 6.78. The van der Waals surface area contributed by atoms with Gasteiger partial charge in [0.15, 0.2) is 0 Å². The van der Waals surface area contributed by atoms with Gasteiger partial charge in [0.1, 0.15) is 5.83 Å². The van der Waals surface area contributed by atoms with E-state index in [9.17, 15) is 9.18 Å². The van der Waals surface area contributed by atoms with Gasteiger partial charge in [-0.15, -0.1) is 0 Å². The molecule has 0 fully saturated rings. The summed E-state index contributed by atoms with van der Waals surface area (Å²) in [6.45, 7) is 8.98. The number of halogens is 1. The van der Waals surface area contributed by atoms with Crippen molar-refractivity contribution < 1.29 is 13.9 Å². The number of carbonyl (C=O) groups is 1. The predicted molar refractivity (Wildman–Crippen MR) is 106 cm³/mol. The van der Waals surface area contributed by atoms with E-state index in [1.807, 2.05) is 6.07 Å². The van der Waals surface area contributed by atoms with Gasteiger partial charge in [-0.25, -0.2) is 9.18 Å². The minimum Gasteiger partial charge on any atom is -0.466 e. The third-order valence-corrected chi connectivity index (χ3v) is 4.69. The number of hydrogen-bond donors (Lipinski definition) is 0. The monoisotopic (exact) mass is 357 g/mol. The van der Waals surface area contributed by atoms with Crippen molar-refractivity contribution in [3.05, 3.63) is 59.0 Å². The number of fused-ring (bicyclic) bond motifs is 1. The molecule has 4 heteroatoms. The SMILES string of the molecule is COC(=O)/C=C(C)/C=C/C(F)=C(/C)c1ccc2c(c1)CCCN2C(C)C. The van der Waals surface area contributed by atoms with Crippen LogP contribution in [0.4, 0.5) is 10.1 Å². The van der Waals surface area contributed by atoms with Crippen LogP contribution in [0.5, 0.6) is 0 Å². The molecule has 2 rings (SSSR count). The highest BCUT2D eigenvalue weighted by Crippen LogP contribution is 2.32. The molecule has 0 atom stereocenters. The first-order valence-electron chi connectivity index (χ1n) is 9.04. The van der Waals surface area contributed by atoms with Gasteiger partial charge in [-0.3, -0.25) is 0 Å². The summed E-state index contributed by atoms with van der Waals surface area (Å²) in [6, 6.07) is 6.65. The number of aryl methyl sites for hydroxylation is 1. The smallest absolute Gasteiger partial charge is 0.330 e. The lowest BCUT2D eigenvalue weighted by molar-refractivity contribution is -0.134. The number of hydrogen-bond acceptors (Lipinski definition) is 3. The van der Waals surface area contributed by atoms with Gasteiger partial charge in [-0.1, -0.05) is 12.1 Å². The molecule has 1 aliphatic heterocycles. The topological polar surface area (TPSA) is 29.5 Å². The molecule has 140 valence electrons. The highest BCUT2D eigenvalue weighted by molar-refractivity contribution is 5.83. The Morgan fingerprint density at radius 2 is 2.00 bits per heavy atom. The van der Waals surface area contributed by atoms with Gasteiger partial charge in [0.2, 0.25) is 0 Å². The molecule has 0 bridgehead atoms. The first-order chi connectivity index (χ1) is 12.3. The second-order valence-corrected chi connectivity index (χ2v) is 6.95. The summed E-state index contributed by atoms with van der Waals surface area (Å²) in [4.78, 5) is 13.6. The number of ether oxygens (including phenoxy) is 1. The molecule has 0 aliphatic carbocycles. The maximum Gasteiger partial charge on any atom is 0.330 e. The fraction of sp³-hybridized carbons (Fsp3) is 0.409. The summed E-state index contributed by atoms with van der Waals surface area (Å²) >= 11 is 0. The van der Waals surface area contributed by atoms with Crippen LogP contribution in [0, 0.1) is 0 Å². The van der Waals surface area contributed by atoms with E-state index in [4.69, 9.17) is 0 Å². The molecule has 0 N–H and O–H groups in total. The first-order valence-corrected chi connectivity index (χ1v) is 9.04. The minimum atomic E-state index is -0.447. The summed E-state index contributed by atoms with van der Waals surface area (Å²) < 4.78 is 19.1. The number of anilines is 1. The normalized spacial score (nSPS) is 16.0. The summed E-state index contributed by atoms with van der Waals surface area (Å²) in [7, 11) is 1.32. The van der Waals surface area contributed by atoms with E-state index in [1.54, 1.807) is 19.9 Å². The molecule has 0 saturated heterocycles. The van der Waals surface area contributed by atoms with Crippen molar-refractivity contribution in [2.24, 2.45) is 0 Å². The predicted octanol–water partition coefficient (Wildman–Crippen LogP) is 5.22. The lowest BCUT2D eigenvalue weighted by Crippen LogP contribution is -2.35. The molecule has 0 radical (unpaired) electrons. The molecule has 1 aliphatic rings. The summed E-state index contributed by atoms with van der Waals surface area (Å²) in [6.07, 6.45) is 6.45. The van der Waals surface area contributed by atoms with Gasteiger partial charge in [0.25, 0.3) is 0 Å². The molecule has 26 heavy (non-hydrogen) atoms. The molecule has 1 aromatic rings. The first kappa shape index (κ1) is 20.0. The third kappa shape index (κ3) is 4.84. The molecule has 0 spiro atoms. The van der Waals surface area contributed by atoms with Crippen molar-refractivity contribution in [1.29, 1.82) is 0 Å². The average Bonchev–Trinajstić information content (AvgIpc) is 2.64. The third-order valence-electron chi connectivity index (χ3n) is 4.69. The zero-order valence-electron chi connectivity index (χ0n) is 16.3. The van der Waals surface area contributed by atoms with Crippen molar-refractivity contribution in [2.75, 3.05) is 18.6 Å². The molecular weight excluding hydrogens is 329 g/mol. The Balaban J connectivity index is 2.26. The zero-order chi connectivity index (χ0) is 19.3. The van der Waals surface area contributed by atoms with Crippen LogP contribution in [0.15, 0.2) is 47.8 Å². The molecule has 1 aromatic carbocycles. The van der Waals surface area contributed by atoms with Gasteiger partial charge in [0.05, 0.1) is 7.11 Å². The number of nitrogens with zero attached hydrogens (tertiary/aromatic N) is 1. The van der Waals surface area contributed by atoms with Crippen LogP contribution in [0.2, 0.25) is 0 Å². The van der Waals surface area contributed by atoms with Crippen molar-refractivity contribution >= 4 is 17.2 Å². The Morgan fingerprint density at radius 1 is 1.27 bits per heavy atom. The second kappa shape index (κ2) is 8.84. The van der Waals surface area contributed by atoms with Gasteiger partial charge >= 0.3 is 5.97 Å². The lowest BCUT2D eigenvalue weighted by atomic mass is 9.95. The van der Waals surface area contributed by atoms with Gasteiger partial charge < -0.3 is 9.64 Å². The van der Waals surface area contributed by atoms with Crippen molar-refractivity contribution in [3.8, 4) is 0 Å². The Bertz CT molecular complexity index is 759. The zero-order valence-corrected chi connectivity index (χ0v) is 16.3. The Morgan fingerprint density at radius 3 is 2.65 bits per heavy atom. The Labute approximate surface area is 155 Å². The second-order valence-electron chi connectivity index (χ2n) is 6.95. The highest BCUT2D eigenvalue weighted by atomic mass is 19.1. The van der Waals surface area contributed by atoms with Gasteiger partial charge in [-0.05, 0) is 81.0 Å². The Hall–Kier alpha value is -2.36. The van der Waals surface area contributed by atoms with Crippen LogP contribution in [-0.4, -0.2) is 25.7 Å². The molecule has 0 unspecified atom stereocenters. The van der Waals surface area contributed by atoms with E-state index in [1.165, 1.54) is 30.5 Å². The van der Waals surface area contributed by atoms with Crippen molar-refractivity contribution in [1.82, 2.24) is 0 Å². The fourth-order valence-electron chi connectivity index (χ4n) is 3.16. The highest BCUT2D eigenvalue weighted by Gasteiger charge is 2.19. The molecule has 1 heterocycles. The molecular formula is C22H28FNO2. The van der Waals surface area contributed by atoms with E-state index in [2.05, 4.69) is 35.6 Å². The number of allylic oxidation sites excluding steroid dienone is 5. The molecule has 0 aromatic heterocycles. The van der Waals surface area contributed by atoms with Crippen molar-refractivity contribution in [2.45, 2.75) is 46.6 Å². The number of carbonyl (C=O) groups excluding carboxylic acids is 1. The van der Waals surface area contributed by atoms with Crippen LogP contribution in [0.1, 0.15) is 45.2 Å². The van der Waals surface area contributed by atoms with Gasteiger partial charge in [0, 0.05) is 24.4 Å². The van der Waals surface area contributed by atoms with E-state index >= 15 is 0 Å². The minimum absolute atomic E-state index is 0.306. The molecule has 0 saturated carbocycles. The van der Waals surface area contributed by atoms with Crippen LogP contribution in [0.25, 0.3) is 5.57 Å². The number of rotatable bonds is 5. The maximum absolute atomic E-state index is 14.5. The molecule has 3 nitrogen and oxygen atoms in total. The average molecular weight is 357 g/mol. The number of esters is 1. The lowest BCUT2D eigenvalue weighted by Gasteiger charge is -2.35. The fourth-order valence-corrected chi connectivity index (χ4v) is 3.16. The van der Waals surface area contributed by atoms with E-state index in [-0.39, 0.29) is 5.83 Å². The van der Waals surface area contributed by atoms with E-state index < -0.39 is 5.97 Å². The summed E-state index contributed by atoms with van der Waals surface area (Å²) in [5.74, 6) is -0.753. The molecule has 0 amide bonds. The van der Waals surface area contributed by atoms with Crippen LogP contribution >= 0.6 is 0 Å². The number of methoxy groups -OCH3 is 1. The van der Waals surface area contributed by atoms with Crippen LogP contribution in [0.3, 0.4) is 0 Å². The quantitative estimate of drug-likeness (QED) is 0.411. The number of benzene rings is 1. The van der Waals surface area contributed by atoms with Crippen LogP contribution in [-0.2, 0) is 16.0 Å². The summed E-state index contributed by atoms with van der Waals surface area (Å²) in [5, 5.41) is 0. The van der Waals surface area contributed by atoms with Crippen molar-refractivity contribution in [3.63, 3.8) is 0 Å². The summed E-state index contributed by atoms with van der Waals surface area (Å²) in [5.41, 5.74) is 4.66. The van der Waals surface area contributed by atoms with E-state index in [0.717, 1.165) is 24.9 Å². The van der Waals surface area contributed by atoms with Crippen LogP contribution < -0.4 is 4.90 Å².